The third kappa shape index (κ3) is 18.6. The maximum atomic E-state index is 12.0. The summed E-state index contributed by atoms with van der Waals surface area (Å²) < 4.78 is 37.8. The average molecular weight is 621 g/mol. The summed E-state index contributed by atoms with van der Waals surface area (Å²) in [6.45, 7) is 7.37. The highest BCUT2D eigenvalue weighted by Crippen LogP contribution is 2.33. The molecule has 0 aromatic rings. The Bertz CT molecular complexity index is 766. The summed E-state index contributed by atoms with van der Waals surface area (Å²) in [5.74, 6) is 1.00. The third-order valence-electron chi connectivity index (χ3n) is 6.28. The van der Waals surface area contributed by atoms with Crippen molar-refractivity contribution in [3.8, 4) is 0 Å². The van der Waals surface area contributed by atoms with E-state index in [-0.39, 0.29) is 24.0 Å². The first-order valence-corrected chi connectivity index (χ1v) is 15.8. The Hall–Kier alpha value is -1.88. The van der Waals surface area contributed by atoms with Gasteiger partial charge in [-0.3, -0.25) is 4.79 Å². The van der Waals surface area contributed by atoms with E-state index < -0.39 is 0 Å². The molecule has 0 unspecified atom stereocenters. The second-order valence-electron chi connectivity index (χ2n) is 9.46. The van der Waals surface area contributed by atoms with Gasteiger partial charge >= 0.3 is 6.03 Å². The van der Waals surface area contributed by atoms with Crippen molar-refractivity contribution in [1.29, 1.82) is 0 Å². The lowest BCUT2D eigenvalue weighted by molar-refractivity contribution is -0.121. The van der Waals surface area contributed by atoms with Crippen LogP contribution in [0, 0.1) is 0 Å². The number of unbranched alkanes of at least 4 members (excludes halogenated alkanes) is 1. The Labute approximate surface area is 252 Å². The zero-order valence-electron chi connectivity index (χ0n) is 24.5. The minimum absolute atomic E-state index is 0.0424. The van der Waals surface area contributed by atoms with Gasteiger partial charge in [0.25, 0.3) is 0 Å². The second kappa shape index (κ2) is 25.6. The minimum Gasteiger partial charge on any atom is -0.379 e. The van der Waals surface area contributed by atoms with Gasteiger partial charge < -0.3 is 49.1 Å². The number of fused-ring (bicyclic) bond motifs is 1. The fourth-order valence-corrected chi connectivity index (χ4v) is 5.74. The van der Waals surface area contributed by atoms with Gasteiger partial charge in [-0.05, 0) is 18.4 Å². The van der Waals surface area contributed by atoms with E-state index in [1.165, 1.54) is 0 Å². The van der Waals surface area contributed by atoms with Crippen LogP contribution in [0.3, 0.4) is 0 Å². The highest BCUT2D eigenvalue weighted by atomic mass is 32.2. The van der Waals surface area contributed by atoms with E-state index in [1.807, 2.05) is 11.8 Å². The van der Waals surface area contributed by atoms with Crippen LogP contribution in [0.15, 0.2) is 5.11 Å². The molecule has 0 radical (unpaired) electrons. The summed E-state index contributed by atoms with van der Waals surface area (Å²) in [5.41, 5.74) is 8.13. The lowest BCUT2D eigenvalue weighted by atomic mass is 10.0. The van der Waals surface area contributed by atoms with Crippen LogP contribution in [0.1, 0.15) is 25.7 Å². The fourth-order valence-electron chi connectivity index (χ4n) is 4.20. The predicted molar refractivity (Wildman–Crippen MR) is 157 cm³/mol. The Kier molecular flexibility index (Phi) is 22.1. The van der Waals surface area contributed by atoms with Crippen LogP contribution in [0.5, 0.6) is 0 Å². The van der Waals surface area contributed by atoms with Gasteiger partial charge in [0.2, 0.25) is 5.91 Å². The average Bonchev–Trinajstić information content (AvgIpc) is 3.54. The number of azide groups is 1. The number of carbonyl (C=O) groups is 2. The van der Waals surface area contributed by atoms with Gasteiger partial charge in [-0.1, -0.05) is 11.5 Å². The van der Waals surface area contributed by atoms with E-state index in [4.69, 9.17) is 38.7 Å². The molecule has 42 heavy (non-hydrogen) atoms. The first kappa shape index (κ1) is 36.3. The van der Waals surface area contributed by atoms with Crippen molar-refractivity contribution < 1.29 is 42.7 Å². The third-order valence-corrected chi connectivity index (χ3v) is 7.79. The lowest BCUT2D eigenvalue weighted by Crippen LogP contribution is -2.36. The molecule has 15 nitrogen and oxygen atoms in total. The SMILES string of the molecule is [N-]=[N+]=NCCOCCOCCOCCOCCOCCOCCOCCNC(=O)CCCC[C@@H]1SC[C@@H]2NC(=O)N[C@H]21. The standard InChI is InChI=1S/C26H48N6O9S/c27-32-29-6-8-36-10-12-38-14-16-40-18-20-41-19-17-39-15-13-37-11-9-35-7-5-28-24(33)4-2-1-3-23-25-22(21-42-23)30-26(34)31-25/h22-23,25H,1-21H2,(H,28,33)(H2,30,31,34)/t22-,23-,25+/m0/s1. The molecule has 16 heteroatoms. The molecule has 3 N–H and O–H groups in total. The number of nitrogens with zero attached hydrogens (tertiary/aromatic N) is 3. The smallest absolute Gasteiger partial charge is 0.315 e. The summed E-state index contributed by atoms with van der Waals surface area (Å²) in [6.07, 6.45) is 3.34. The van der Waals surface area contributed by atoms with Crippen LogP contribution in [0.25, 0.3) is 10.4 Å². The van der Waals surface area contributed by atoms with Crippen LogP contribution < -0.4 is 16.0 Å². The number of hydrogen-bond acceptors (Lipinski definition) is 11. The molecule has 0 aromatic carbocycles. The van der Waals surface area contributed by atoms with Crippen LogP contribution in [-0.2, 0) is 38.0 Å². The number of thioether (sulfide) groups is 1. The quantitative estimate of drug-likeness (QED) is 0.0362. The Balaban J connectivity index is 1.20. The molecule has 2 saturated heterocycles. The van der Waals surface area contributed by atoms with Gasteiger partial charge in [0.05, 0.1) is 105 Å². The van der Waals surface area contributed by atoms with Crippen molar-refractivity contribution in [3.63, 3.8) is 0 Å². The molecular formula is C26H48N6O9S. The highest BCUT2D eigenvalue weighted by molar-refractivity contribution is 8.00. The zero-order chi connectivity index (χ0) is 29.9. The van der Waals surface area contributed by atoms with Crippen molar-refractivity contribution in [2.75, 3.05) is 111 Å². The first-order chi connectivity index (χ1) is 20.7. The molecule has 0 aromatic heterocycles. The molecule has 2 aliphatic rings. The fraction of sp³-hybridized carbons (Fsp3) is 0.923. The summed E-state index contributed by atoms with van der Waals surface area (Å²) in [5, 5.41) is 12.6. The number of ether oxygens (including phenoxy) is 7. The normalized spacial score (nSPS) is 19.2. The minimum atomic E-state index is -0.0609. The number of nitrogens with one attached hydrogen (secondary N) is 3. The van der Waals surface area contributed by atoms with Crippen molar-refractivity contribution in [1.82, 2.24) is 16.0 Å². The van der Waals surface area contributed by atoms with Crippen LogP contribution in [0.2, 0.25) is 0 Å². The Morgan fingerprint density at radius 2 is 1.33 bits per heavy atom. The highest BCUT2D eigenvalue weighted by Gasteiger charge is 2.42. The molecule has 0 bridgehead atoms. The molecule has 2 fully saturated rings. The van der Waals surface area contributed by atoms with Gasteiger partial charge in [-0.15, -0.1) is 0 Å². The molecule has 3 amide bonds. The van der Waals surface area contributed by atoms with Crippen molar-refractivity contribution in [2.45, 2.75) is 43.0 Å². The van der Waals surface area contributed by atoms with Gasteiger partial charge in [0.1, 0.15) is 0 Å². The van der Waals surface area contributed by atoms with Crippen LogP contribution >= 0.6 is 11.8 Å². The van der Waals surface area contributed by atoms with Gasteiger partial charge in [0, 0.05) is 35.4 Å². The molecule has 3 atom stereocenters. The molecule has 0 aliphatic carbocycles. The van der Waals surface area contributed by atoms with Gasteiger partial charge in [-0.25, -0.2) is 4.79 Å². The van der Waals surface area contributed by atoms with Crippen molar-refractivity contribution in [2.24, 2.45) is 5.11 Å². The van der Waals surface area contributed by atoms with E-state index in [0.717, 1.165) is 25.0 Å². The number of hydrogen-bond donors (Lipinski definition) is 3. The molecular weight excluding hydrogens is 572 g/mol. The molecule has 0 spiro atoms. The molecule has 2 aliphatic heterocycles. The number of urea groups is 1. The van der Waals surface area contributed by atoms with Gasteiger partial charge in [0.15, 0.2) is 0 Å². The predicted octanol–water partition coefficient (Wildman–Crippen LogP) is 1.25. The van der Waals surface area contributed by atoms with E-state index in [0.29, 0.717) is 117 Å². The largest absolute Gasteiger partial charge is 0.379 e. The maximum absolute atomic E-state index is 12.0. The monoisotopic (exact) mass is 620 g/mol. The van der Waals surface area contributed by atoms with Crippen molar-refractivity contribution in [3.05, 3.63) is 10.4 Å². The van der Waals surface area contributed by atoms with E-state index in [1.54, 1.807) is 0 Å². The molecule has 2 rings (SSSR count). The zero-order valence-corrected chi connectivity index (χ0v) is 25.3. The Morgan fingerprint density at radius 1 is 0.810 bits per heavy atom. The van der Waals surface area contributed by atoms with Crippen molar-refractivity contribution >= 4 is 23.7 Å². The Morgan fingerprint density at radius 3 is 1.88 bits per heavy atom. The number of amides is 3. The lowest BCUT2D eigenvalue weighted by Gasteiger charge is -2.16. The van der Waals surface area contributed by atoms with Gasteiger partial charge in [-0.2, -0.15) is 11.8 Å². The topological polar surface area (TPSA) is 184 Å². The number of carbonyl (C=O) groups excluding carboxylic acids is 2. The van der Waals surface area contributed by atoms with E-state index in [9.17, 15) is 9.59 Å². The van der Waals surface area contributed by atoms with E-state index >= 15 is 0 Å². The first-order valence-electron chi connectivity index (χ1n) is 14.7. The van der Waals surface area contributed by atoms with E-state index in [2.05, 4.69) is 26.0 Å². The summed E-state index contributed by atoms with van der Waals surface area (Å²) in [6, 6.07) is 0.411. The molecule has 0 saturated carbocycles. The summed E-state index contributed by atoms with van der Waals surface area (Å²) >= 11 is 1.90. The number of rotatable bonds is 29. The van der Waals surface area contributed by atoms with Crippen LogP contribution in [0.4, 0.5) is 4.79 Å². The molecule has 2 heterocycles. The summed E-state index contributed by atoms with van der Waals surface area (Å²) in [7, 11) is 0. The molecule has 242 valence electrons. The maximum Gasteiger partial charge on any atom is 0.315 e. The summed E-state index contributed by atoms with van der Waals surface area (Å²) in [4.78, 5) is 26.1. The van der Waals surface area contributed by atoms with Crippen LogP contribution in [-0.4, -0.2) is 141 Å². The second-order valence-corrected chi connectivity index (χ2v) is 10.7.